The molecule has 6 nitrogen and oxygen atoms in total. The van der Waals surface area contributed by atoms with Crippen LogP contribution >= 0.6 is 11.6 Å². The number of aliphatic carboxylic acids is 1. The maximum atomic E-state index is 12.1. The van der Waals surface area contributed by atoms with E-state index in [1.54, 1.807) is 42.5 Å². The maximum Gasteiger partial charge on any atom is 0.336 e. The number of carboxylic acid groups (broad SMARTS) is 1. The predicted molar refractivity (Wildman–Crippen MR) is 118 cm³/mol. The van der Waals surface area contributed by atoms with Crippen LogP contribution in [0.5, 0.6) is 11.5 Å². The van der Waals surface area contributed by atoms with E-state index in [0.29, 0.717) is 22.8 Å². The van der Waals surface area contributed by atoms with Gasteiger partial charge in [-0.15, -0.1) is 0 Å². The van der Waals surface area contributed by atoms with Gasteiger partial charge in [0.05, 0.1) is 7.11 Å². The van der Waals surface area contributed by atoms with Gasteiger partial charge in [-0.3, -0.25) is 4.99 Å². The molecule has 0 bridgehead atoms. The van der Waals surface area contributed by atoms with Gasteiger partial charge in [-0.2, -0.15) is 0 Å². The summed E-state index contributed by atoms with van der Waals surface area (Å²) in [4.78, 5) is 27.7. The number of methoxy groups -OCH3 is 1. The van der Waals surface area contributed by atoms with Crippen molar-refractivity contribution in [2.24, 2.45) is 10.9 Å². The largest absolute Gasteiger partial charge is 0.493 e. The molecule has 0 aromatic heterocycles. The van der Waals surface area contributed by atoms with Gasteiger partial charge in [-0.1, -0.05) is 44.0 Å². The van der Waals surface area contributed by atoms with Crippen LogP contribution in [0.3, 0.4) is 0 Å². The number of aliphatic imine (C=N–C) groups is 1. The standard InChI is InChI=1S/C23H24ClNO5/c1-4-15(2)22(23(27)28)25-14-17-8-10-19(20(13-17)29-3)30-21(26)11-9-16-6-5-7-18(24)12-16/h5-15,22H,4H2,1-3H3,(H,27,28)/b11-9+,25-14+. The van der Waals surface area contributed by atoms with Crippen LogP contribution in [0.2, 0.25) is 5.02 Å². The smallest absolute Gasteiger partial charge is 0.336 e. The molecule has 0 amide bonds. The molecular weight excluding hydrogens is 406 g/mol. The molecule has 0 spiro atoms. The van der Waals surface area contributed by atoms with Crippen molar-refractivity contribution in [3.8, 4) is 11.5 Å². The molecule has 0 fully saturated rings. The monoisotopic (exact) mass is 429 g/mol. The van der Waals surface area contributed by atoms with E-state index in [1.807, 2.05) is 19.9 Å². The summed E-state index contributed by atoms with van der Waals surface area (Å²) in [6.07, 6.45) is 5.08. The lowest BCUT2D eigenvalue weighted by Gasteiger charge is -2.14. The Labute approximate surface area is 180 Å². The van der Waals surface area contributed by atoms with Gasteiger partial charge >= 0.3 is 11.9 Å². The Bertz CT molecular complexity index is 954. The summed E-state index contributed by atoms with van der Waals surface area (Å²) in [5.74, 6) is -1.06. The predicted octanol–water partition coefficient (Wildman–Crippen LogP) is 4.89. The van der Waals surface area contributed by atoms with Gasteiger partial charge < -0.3 is 14.6 Å². The van der Waals surface area contributed by atoms with E-state index in [2.05, 4.69) is 4.99 Å². The van der Waals surface area contributed by atoms with Crippen LogP contribution in [-0.4, -0.2) is 36.4 Å². The number of esters is 1. The Morgan fingerprint density at radius 2 is 1.93 bits per heavy atom. The molecule has 158 valence electrons. The highest BCUT2D eigenvalue weighted by Gasteiger charge is 2.21. The van der Waals surface area contributed by atoms with E-state index in [9.17, 15) is 14.7 Å². The first-order valence-electron chi connectivity index (χ1n) is 9.43. The van der Waals surface area contributed by atoms with Crippen molar-refractivity contribution < 1.29 is 24.2 Å². The van der Waals surface area contributed by atoms with Crippen LogP contribution in [0, 0.1) is 5.92 Å². The second-order valence-electron chi connectivity index (χ2n) is 6.67. The number of halogens is 1. The van der Waals surface area contributed by atoms with E-state index >= 15 is 0 Å². The number of carbonyl (C=O) groups excluding carboxylic acids is 1. The number of nitrogens with zero attached hydrogens (tertiary/aromatic N) is 1. The Balaban J connectivity index is 2.12. The van der Waals surface area contributed by atoms with Crippen LogP contribution in [0.4, 0.5) is 0 Å². The molecule has 0 aliphatic rings. The van der Waals surface area contributed by atoms with Gasteiger partial charge in [0.1, 0.15) is 6.04 Å². The Hall–Kier alpha value is -3.12. The van der Waals surface area contributed by atoms with Crippen molar-refractivity contribution in [3.05, 3.63) is 64.7 Å². The summed E-state index contributed by atoms with van der Waals surface area (Å²) in [5.41, 5.74) is 1.41. The van der Waals surface area contributed by atoms with E-state index in [-0.39, 0.29) is 11.7 Å². The van der Waals surface area contributed by atoms with Crippen molar-refractivity contribution in [1.29, 1.82) is 0 Å². The lowest BCUT2D eigenvalue weighted by atomic mass is 10.00. The summed E-state index contributed by atoms with van der Waals surface area (Å²) in [5, 5.41) is 9.91. The summed E-state index contributed by atoms with van der Waals surface area (Å²) in [6, 6.07) is 11.1. The van der Waals surface area contributed by atoms with E-state index in [1.165, 1.54) is 19.4 Å². The van der Waals surface area contributed by atoms with E-state index in [0.717, 1.165) is 5.56 Å². The zero-order chi connectivity index (χ0) is 22.1. The second kappa shape index (κ2) is 11.2. The first-order chi connectivity index (χ1) is 14.3. The number of benzene rings is 2. The summed E-state index contributed by atoms with van der Waals surface area (Å²) in [7, 11) is 1.45. The molecule has 2 rings (SSSR count). The molecule has 0 radical (unpaired) electrons. The van der Waals surface area contributed by atoms with E-state index < -0.39 is 18.0 Å². The zero-order valence-electron chi connectivity index (χ0n) is 17.0. The quantitative estimate of drug-likeness (QED) is 0.265. The molecule has 0 saturated heterocycles. The van der Waals surface area contributed by atoms with Gasteiger partial charge in [-0.25, -0.2) is 9.59 Å². The molecule has 7 heteroatoms. The van der Waals surface area contributed by atoms with Crippen LogP contribution in [0.25, 0.3) is 6.08 Å². The first-order valence-corrected chi connectivity index (χ1v) is 9.81. The molecule has 2 aromatic carbocycles. The van der Waals surface area contributed by atoms with Gasteiger partial charge in [0, 0.05) is 17.3 Å². The Morgan fingerprint density at radius 3 is 2.57 bits per heavy atom. The summed E-state index contributed by atoms with van der Waals surface area (Å²) >= 11 is 5.92. The lowest BCUT2D eigenvalue weighted by molar-refractivity contribution is -0.139. The fourth-order valence-corrected chi connectivity index (χ4v) is 2.81. The molecule has 2 aromatic rings. The zero-order valence-corrected chi connectivity index (χ0v) is 17.8. The fourth-order valence-electron chi connectivity index (χ4n) is 2.61. The van der Waals surface area contributed by atoms with Gasteiger partial charge in [0.15, 0.2) is 11.5 Å². The van der Waals surface area contributed by atoms with Crippen LogP contribution in [0.1, 0.15) is 31.4 Å². The molecule has 0 heterocycles. The van der Waals surface area contributed by atoms with Gasteiger partial charge in [0.25, 0.3) is 0 Å². The second-order valence-corrected chi connectivity index (χ2v) is 7.10. The van der Waals surface area contributed by atoms with Crippen LogP contribution in [0.15, 0.2) is 53.5 Å². The van der Waals surface area contributed by atoms with Crippen molar-refractivity contribution in [3.63, 3.8) is 0 Å². The lowest BCUT2D eigenvalue weighted by Crippen LogP contribution is -2.25. The maximum absolute atomic E-state index is 12.1. The number of carbonyl (C=O) groups is 2. The van der Waals surface area contributed by atoms with Gasteiger partial charge in [-0.05, 0) is 53.5 Å². The normalized spacial score (nSPS) is 13.3. The molecular formula is C23H24ClNO5. The minimum absolute atomic E-state index is 0.0906. The molecule has 2 atom stereocenters. The fraction of sp³-hybridized carbons (Fsp3) is 0.261. The molecule has 30 heavy (non-hydrogen) atoms. The number of hydrogen-bond acceptors (Lipinski definition) is 5. The minimum atomic E-state index is -0.968. The van der Waals surface area contributed by atoms with Crippen LogP contribution < -0.4 is 9.47 Å². The first kappa shape index (κ1) is 23.2. The average molecular weight is 430 g/mol. The van der Waals surface area contributed by atoms with Crippen molar-refractivity contribution in [1.82, 2.24) is 0 Å². The topological polar surface area (TPSA) is 85.2 Å². The highest BCUT2D eigenvalue weighted by Crippen LogP contribution is 2.28. The highest BCUT2D eigenvalue weighted by molar-refractivity contribution is 6.30. The molecule has 1 N–H and O–H groups in total. The van der Waals surface area contributed by atoms with Crippen molar-refractivity contribution >= 4 is 35.8 Å². The third-order valence-corrected chi connectivity index (χ3v) is 4.71. The number of hydrogen-bond donors (Lipinski definition) is 1. The van der Waals surface area contributed by atoms with Gasteiger partial charge in [0.2, 0.25) is 0 Å². The van der Waals surface area contributed by atoms with E-state index in [4.69, 9.17) is 21.1 Å². The SMILES string of the molecule is CCC(C)C(/N=C/c1ccc(OC(=O)/C=C/c2cccc(Cl)c2)c(OC)c1)C(=O)O. The molecule has 2 unspecified atom stereocenters. The summed E-state index contributed by atoms with van der Waals surface area (Å²) in [6.45, 7) is 3.76. The Morgan fingerprint density at radius 1 is 1.17 bits per heavy atom. The summed E-state index contributed by atoms with van der Waals surface area (Å²) < 4.78 is 10.6. The molecule has 0 saturated carbocycles. The number of carboxylic acids is 1. The van der Waals surface area contributed by atoms with Crippen LogP contribution in [-0.2, 0) is 9.59 Å². The molecule has 0 aliphatic heterocycles. The van der Waals surface area contributed by atoms with Crippen molar-refractivity contribution in [2.45, 2.75) is 26.3 Å². The average Bonchev–Trinajstić information content (AvgIpc) is 2.72. The third kappa shape index (κ3) is 6.74. The number of ether oxygens (including phenoxy) is 2. The third-order valence-electron chi connectivity index (χ3n) is 4.48. The number of rotatable bonds is 9. The minimum Gasteiger partial charge on any atom is -0.493 e. The van der Waals surface area contributed by atoms with Crippen molar-refractivity contribution in [2.75, 3.05) is 7.11 Å². The highest BCUT2D eigenvalue weighted by atomic mass is 35.5. The molecule has 0 aliphatic carbocycles. The Kier molecular flexibility index (Phi) is 8.62.